The molecule has 2 aromatic rings. The maximum absolute atomic E-state index is 5.80. The number of nitrogens with one attached hydrogen (secondary N) is 1. The van der Waals surface area contributed by atoms with Crippen LogP contribution < -0.4 is 20.7 Å². The molecule has 1 aromatic heterocycles. The van der Waals surface area contributed by atoms with Crippen molar-refractivity contribution in [3.8, 4) is 6.01 Å². The molecule has 0 atom stereocenters. The van der Waals surface area contributed by atoms with Crippen LogP contribution in [0.15, 0.2) is 30.3 Å². The summed E-state index contributed by atoms with van der Waals surface area (Å²) in [6.07, 6.45) is 2.10. The molecule has 9 heteroatoms. The molecule has 3 N–H and O–H groups in total. The van der Waals surface area contributed by atoms with E-state index in [1.54, 1.807) is 0 Å². The zero-order valence-corrected chi connectivity index (χ0v) is 19.6. The van der Waals surface area contributed by atoms with Crippen LogP contribution in [0.1, 0.15) is 39.2 Å². The van der Waals surface area contributed by atoms with Crippen molar-refractivity contribution in [3.05, 3.63) is 35.9 Å². The molecule has 0 fully saturated rings. The molecule has 0 saturated heterocycles. The van der Waals surface area contributed by atoms with Gasteiger partial charge in [0.2, 0.25) is 11.9 Å². The van der Waals surface area contributed by atoms with Crippen LogP contribution in [0.3, 0.4) is 0 Å². The molecule has 178 valence electrons. The van der Waals surface area contributed by atoms with Crippen molar-refractivity contribution in [2.45, 2.75) is 46.3 Å². The average Bonchev–Trinajstić information content (AvgIpc) is 2.78. The Morgan fingerprint density at radius 1 is 1.00 bits per heavy atom. The normalized spacial score (nSPS) is 11.0. The van der Waals surface area contributed by atoms with Crippen LogP contribution in [0.25, 0.3) is 0 Å². The Bertz CT molecular complexity index is 748. The molecule has 2 rings (SSSR count). The lowest BCUT2D eigenvalue weighted by atomic mass is 10.2. The predicted octanol–water partition coefficient (Wildman–Crippen LogP) is 2.87. The highest BCUT2D eigenvalue weighted by molar-refractivity contribution is 5.39. The first-order valence-corrected chi connectivity index (χ1v) is 11.4. The third kappa shape index (κ3) is 10.2. The fourth-order valence-electron chi connectivity index (χ4n) is 2.87. The molecule has 1 heterocycles. The number of ether oxygens (including phenoxy) is 3. The van der Waals surface area contributed by atoms with Crippen molar-refractivity contribution in [1.82, 2.24) is 15.0 Å². The van der Waals surface area contributed by atoms with Gasteiger partial charge in [0.1, 0.15) is 0 Å². The molecule has 1 aromatic carbocycles. The van der Waals surface area contributed by atoms with E-state index in [9.17, 15) is 0 Å². The van der Waals surface area contributed by atoms with Gasteiger partial charge in [-0.05, 0) is 25.8 Å². The second-order valence-electron chi connectivity index (χ2n) is 7.61. The minimum absolute atomic E-state index is 0.0341. The van der Waals surface area contributed by atoms with Gasteiger partial charge >= 0.3 is 6.01 Å². The number of hydrogen-bond acceptors (Lipinski definition) is 9. The molecule has 0 amide bonds. The maximum atomic E-state index is 5.80. The molecule has 0 aliphatic heterocycles. The van der Waals surface area contributed by atoms with Gasteiger partial charge in [0, 0.05) is 26.2 Å². The molecular weight excluding hydrogens is 408 g/mol. The summed E-state index contributed by atoms with van der Waals surface area (Å²) in [5.74, 6) is 1.08. The summed E-state index contributed by atoms with van der Waals surface area (Å²) in [6.45, 7) is 10.8. The lowest BCUT2D eigenvalue weighted by Gasteiger charge is -2.23. The minimum Gasteiger partial charge on any atom is -0.461 e. The van der Waals surface area contributed by atoms with E-state index in [1.165, 1.54) is 5.56 Å². The average molecular weight is 447 g/mol. The van der Waals surface area contributed by atoms with Gasteiger partial charge < -0.3 is 30.2 Å². The van der Waals surface area contributed by atoms with Gasteiger partial charge in [-0.2, -0.15) is 15.0 Å². The summed E-state index contributed by atoms with van der Waals surface area (Å²) in [7, 11) is 0. The molecule has 0 aliphatic carbocycles. The molecule has 32 heavy (non-hydrogen) atoms. The van der Waals surface area contributed by atoms with E-state index in [2.05, 4.69) is 44.2 Å². The largest absolute Gasteiger partial charge is 0.461 e. The van der Waals surface area contributed by atoms with E-state index < -0.39 is 0 Å². The Hall–Kier alpha value is -2.49. The first-order valence-electron chi connectivity index (χ1n) is 11.4. The molecule has 0 aliphatic rings. The van der Waals surface area contributed by atoms with Gasteiger partial charge in [-0.3, -0.25) is 0 Å². The van der Waals surface area contributed by atoms with Crippen LogP contribution in [0, 0.1) is 0 Å². The number of hydrogen-bond donors (Lipinski definition) is 2. The highest BCUT2D eigenvalue weighted by Gasteiger charge is 2.15. The summed E-state index contributed by atoms with van der Waals surface area (Å²) in [5.41, 5.74) is 6.60. The number of nitrogens with two attached hydrogens (primary N) is 1. The minimum atomic E-state index is -0.0341. The lowest BCUT2D eigenvalue weighted by molar-refractivity contribution is 0.0547. The molecule has 0 unspecified atom stereocenters. The van der Waals surface area contributed by atoms with Gasteiger partial charge in [-0.15, -0.1) is 0 Å². The molecule has 0 spiro atoms. The molecule has 0 radical (unpaired) electrons. The number of nitrogens with zero attached hydrogens (tertiary/aromatic N) is 4. The predicted molar refractivity (Wildman–Crippen MR) is 127 cm³/mol. The van der Waals surface area contributed by atoms with E-state index >= 15 is 0 Å². The van der Waals surface area contributed by atoms with Crippen LogP contribution >= 0.6 is 0 Å². The summed E-state index contributed by atoms with van der Waals surface area (Å²) in [6, 6.07) is 10.6. The van der Waals surface area contributed by atoms with E-state index in [-0.39, 0.29) is 6.10 Å². The molecular formula is C23H38N6O3. The summed E-state index contributed by atoms with van der Waals surface area (Å²) in [4.78, 5) is 15.9. The SMILES string of the molecule is CCCCN(Cc1ccccc1)c1nc(NCCOCCOCCN)nc(OC(C)C)n1. The second-order valence-corrected chi connectivity index (χ2v) is 7.61. The van der Waals surface area contributed by atoms with Gasteiger partial charge in [0.05, 0.1) is 32.5 Å². The quantitative estimate of drug-likeness (QED) is 0.355. The third-order valence-corrected chi connectivity index (χ3v) is 4.39. The van der Waals surface area contributed by atoms with E-state index in [1.807, 2.05) is 32.0 Å². The Labute approximate surface area is 191 Å². The van der Waals surface area contributed by atoms with Crippen LogP contribution in [-0.4, -0.2) is 67.1 Å². The van der Waals surface area contributed by atoms with Crippen LogP contribution in [0.4, 0.5) is 11.9 Å². The Balaban J connectivity index is 2.06. The fourth-order valence-corrected chi connectivity index (χ4v) is 2.87. The highest BCUT2D eigenvalue weighted by atomic mass is 16.5. The Morgan fingerprint density at radius 3 is 2.44 bits per heavy atom. The summed E-state index contributed by atoms with van der Waals surface area (Å²) < 4.78 is 16.7. The first kappa shape index (κ1) is 25.8. The van der Waals surface area contributed by atoms with Gasteiger partial charge in [0.25, 0.3) is 0 Å². The van der Waals surface area contributed by atoms with Gasteiger partial charge in [0.15, 0.2) is 0 Å². The number of unbranched alkanes of at least 4 members (excludes halogenated alkanes) is 1. The molecule has 9 nitrogen and oxygen atoms in total. The second kappa shape index (κ2) is 15.3. The number of aromatic nitrogens is 3. The Kier molecular flexibility index (Phi) is 12.3. The van der Waals surface area contributed by atoms with Crippen LogP contribution in [-0.2, 0) is 16.0 Å². The third-order valence-electron chi connectivity index (χ3n) is 4.39. The number of anilines is 2. The van der Waals surface area contributed by atoms with E-state index in [0.29, 0.717) is 57.4 Å². The fraction of sp³-hybridized carbons (Fsp3) is 0.609. The zero-order valence-electron chi connectivity index (χ0n) is 19.6. The van der Waals surface area contributed by atoms with Crippen LogP contribution in [0.5, 0.6) is 6.01 Å². The van der Waals surface area contributed by atoms with Crippen molar-refractivity contribution in [3.63, 3.8) is 0 Å². The highest BCUT2D eigenvalue weighted by Crippen LogP contribution is 2.19. The van der Waals surface area contributed by atoms with Crippen molar-refractivity contribution < 1.29 is 14.2 Å². The topological polar surface area (TPSA) is 108 Å². The van der Waals surface area contributed by atoms with Crippen molar-refractivity contribution in [1.29, 1.82) is 0 Å². The van der Waals surface area contributed by atoms with Crippen molar-refractivity contribution in [2.24, 2.45) is 5.73 Å². The molecule has 0 saturated carbocycles. The lowest BCUT2D eigenvalue weighted by Crippen LogP contribution is -2.27. The summed E-state index contributed by atoms with van der Waals surface area (Å²) in [5, 5.41) is 3.22. The van der Waals surface area contributed by atoms with Crippen molar-refractivity contribution >= 4 is 11.9 Å². The standard InChI is InChI=1S/C23H38N6O3/c1-4-5-13-29(18-20-9-7-6-8-10-20)22-26-21(27-23(28-22)32-19(2)3)25-12-15-31-17-16-30-14-11-24/h6-10,19H,4-5,11-18,24H2,1-3H3,(H,25,26,27,28). The van der Waals surface area contributed by atoms with Gasteiger partial charge in [-0.1, -0.05) is 43.7 Å². The van der Waals surface area contributed by atoms with Crippen LogP contribution in [0.2, 0.25) is 0 Å². The zero-order chi connectivity index (χ0) is 23.0. The first-order chi connectivity index (χ1) is 15.6. The van der Waals surface area contributed by atoms with E-state index in [4.69, 9.17) is 19.9 Å². The smallest absolute Gasteiger partial charge is 0.323 e. The summed E-state index contributed by atoms with van der Waals surface area (Å²) >= 11 is 0. The number of rotatable bonds is 17. The monoisotopic (exact) mass is 446 g/mol. The maximum Gasteiger partial charge on any atom is 0.323 e. The van der Waals surface area contributed by atoms with Crippen molar-refractivity contribution in [2.75, 3.05) is 56.3 Å². The Morgan fingerprint density at radius 2 is 1.75 bits per heavy atom. The van der Waals surface area contributed by atoms with Gasteiger partial charge in [-0.25, -0.2) is 0 Å². The molecule has 0 bridgehead atoms. The number of benzene rings is 1. The van der Waals surface area contributed by atoms with E-state index in [0.717, 1.165) is 25.9 Å².